The van der Waals surface area contributed by atoms with E-state index in [4.69, 9.17) is 0 Å². The van der Waals surface area contributed by atoms with Gasteiger partial charge in [0.25, 0.3) is 0 Å². The summed E-state index contributed by atoms with van der Waals surface area (Å²) in [4.78, 5) is 24.2. The number of nitrogens with one attached hydrogen (secondary N) is 1. The van der Waals surface area contributed by atoms with Gasteiger partial charge in [-0.25, -0.2) is 19.4 Å². The molecule has 0 amide bonds. The molecule has 3 aromatic rings. The zero-order valence-corrected chi connectivity index (χ0v) is 10.9. The molecule has 2 aromatic heterocycles. The van der Waals surface area contributed by atoms with Crippen molar-refractivity contribution in [2.24, 2.45) is 0 Å². The van der Waals surface area contributed by atoms with Gasteiger partial charge in [-0.2, -0.15) is 4.98 Å². The molecule has 1 N–H and O–H groups in total. The zero-order chi connectivity index (χ0) is 13.9. The number of aromatic nitrogens is 4. The molecule has 0 bridgehead atoms. The van der Waals surface area contributed by atoms with E-state index in [1.165, 1.54) is 4.68 Å². The minimum absolute atomic E-state index is 0.207. The number of para-hydroxylation sites is 1. The highest BCUT2D eigenvalue weighted by molar-refractivity contribution is 5.77. The van der Waals surface area contributed by atoms with Crippen LogP contribution >= 0.6 is 0 Å². The smallest absolute Gasteiger partial charge is 0.311 e. The van der Waals surface area contributed by atoms with Crippen LogP contribution in [0, 0.1) is 0 Å². The molecule has 0 aliphatic carbocycles. The van der Waals surface area contributed by atoms with Gasteiger partial charge in [0, 0.05) is 24.0 Å². The normalized spacial score (nSPS) is 12.2. The van der Waals surface area contributed by atoms with Crippen LogP contribution in [0.2, 0.25) is 0 Å². The fraction of sp³-hybridized carbons (Fsp3) is 0.143. The van der Waals surface area contributed by atoms with Crippen molar-refractivity contribution in [3.05, 3.63) is 65.2 Å². The van der Waals surface area contributed by atoms with Crippen LogP contribution in [0.3, 0.4) is 0 Å². The van der Waals surface area contributed by atoms with E-state index in [2.05, 4.69) is 20.4 Å². The van der Waals surface area contributed by atoms with E-state index in [0.717, 1.165) is 10.9 Å². The summed E-state index contributed by atoms with van der Waals surface area (Å²) < 4.78 is 1.43. The van der Waals surface area contributed by atoms with Crippen molar-refractivity contribution in [2.45, 2.75) is 13.0 Å². The summed E-state index contributed by atoms with van der Waals surface area (Å²) in [6.07, 6.45) is 4.91. The number of hydrogen-bond acceptors (Lipinski definition) is 5. The maximum Gasteiger partial charge on any atom is 0.366 e. The van der Waals surface area contributed by atoms with E-state index in [9.17, 15) is 4.79 Å². The van der Waals surface area contributed by atoms with Crippen LogP contribution in [0.4, 0.5) is 0 Å². The Morgan fingerprint density at radius 2 is 1.85 bits per heavy atom. The Bertz CT molecular complexity index is 784. The molecule has 3 rings (SSSR count). The second-order valence-corrected chi connectivity index (χ2v) is 4.39. The highest BCUT2D eigenvalue weighted by Gasteiger charge is 2.10. The molecular formula is C14H13N5O. The van der Waals surface area contributed by atoms with Gasteiger partial charge in [-0.3, -0.25) is 0 Å². The fourth-order valence-electron chi connectivity index (χ4n) is 2.00. The first kappa shape index (κ1) is 12.3. The summed E-state index contributed by atoms with van der Waals surface area (Å²) in [7, 11) is 0. The fourth-order valence-corrected chi connectivity index (χ4v) is 2.00. The first-order valence-electron chi connectivity index (χ1n) is 6.26. The summed E-state index contributed by atoms with van der Waals surface area (Å²) in [5.74, 6) is 0.618. The third-order valence-electron chi connectivity index (χ3n) is 2.98. The van der Waals surface area contributed by atoms with Crippen molar-refractivity contribution in [1.82, 2.24) is 19.6 Å². The maximum absolute atomic E-state index is 11.9. The van der Waals surface area contributed by atoms with Crippen molar-refractivity contribution >= 4 is 10.9 Å². The van der Waals surface area contributed by atoms with E-state index in [1.807, 2.05) is 31.2 Å². The van der Waals surface area contributed by atoms with Crippen molar-refractivity contribution in [3.8, 4) is 0 Å². The van der Waals surface area contributed by atoms with Crippen molar-refractivity contribution in [3.63, 3.8) is 0 Å². The second-order valence-electron chi connectivity index (χ2n) is 4.39. The molecule has 0 fully saturated rings. The van der Waals surface area contributed by atoms with E-state index < -0.39 is 0 Å². The third-order valence-corrected chi connectivity index (χ3v) is 2.98. The van der Waals surface area contributed by atoms with Crippen LogP contribution in [0.25, 0.3) is 10.9 Å². The molecule has 2 heterocycles. The van der Waals surface area contributed by atoms with Gasteiger partial charge < -0.3 is 5.43 Å². The lowest BCUT2D eigenvalue weighted by Crippen LogP contribution is -2.33. The van der Waals surface area contributed by atoms with Crippen LogP contribution < -0.4 is 11.1 Å². The average Bonchev–Trinajstić information content (AvgIpc) is 2.51. The lowest BCUT2D eigenvalue weighted by molar-refractivity contribution is 0.670. The van der Waals surface area contributed by atoms with Crippen molar-refractivity contribution in [2.75, 3.05) is 5.43 Å². The van der Waals surface area contributed by atoms with Gasteiger partial charge >= 0.3 is 5.69 Å². The van der Waals surface area contributed by atoms with Crippen molar-refractivity contribution < 1.29 is 0 Å². The van der Waals surface area contributed by atoms with Gasteiger partial charge in [0.15, 0.2) is 5.82 Å². The molecular weight excluding hydrogens is 254 g/mol. The standard InChI is InChI=1S/C14H13N5O/c1-10(13-15-7-4-8-16-13)18-19-12-6-3-2-5-11(12)9-17-14(19)20/h2-10,18H,1H3. The van der Waals surface area contributed by atoms with Crippen LogP contribution in [0.5, 0.6) is 0 Å². The topological polar surface area (TPSA) is 72.7 Å². The summed E-state index contributed by atoms with van der Waals surface area (Å²) in [5, 5.41) is 0.890. The van der Waals surface area contributed by atoms with Gasteiger partial charge in [0.2, 0.25) is 0 Å². The van der Waals surface area contributed by atoms with Gasteiger partial charge in [-0.1, -0.05) is 18.2 Å². The van der Waals surface area contributed by atoms with E-state index in [-0.39, 0.29) is 11.7 Å². The van der Waals surface area contributed by atoms with Crippen LogP contribution in [-0.4, -0.2) is 19.6 Å². The van der Waals surface area contributed by atoms with E-state index in [1.54, 1.807) is 24.7 Å². The van der Waals surface area contributed by atoms with Crippen molar-refractivity contribution in [1.29, 1.82) is 0 Å². The second kappa shape index (κ2) is 5.08. The Hall–Kier alpha value is -2.76. The van der Waals surface area contributed by atoms with Gasteiger partial charge in [-0.15, -0.1) is 0 Å². The Kier molecular flexibility index (Phi) is 3.12. The highest BCUT2D eigenvalue weighted by atomic mass is 16.1. The predicted molar refractivity (Wildman–Crippen MR) is 75.8 cm³/mol. The molecule has 6 nitrogen and oxygen atoms in total. The Balaban J connectivity index is 2.03. The Morgan fingerprint density at radius 1 is 1.10 bits per heavy atom. The molecule has 1 unspecified atom stereocenters. The minimum Gasteiger partial charge on any atom is -0.311 e. The van der Waals surface area contributed by atoms with Crippen LogP contribution in [0.1, 0.15) is 18.8 Å². The molecule has 100 valence electrons. The lowest BCUT2D eigenvalue weighted by Gasteiger charge is -2.16. The molecule has 0 radical (unpaired) electrons. The SMILES string of the molecule is CC(Nn1c(=O)ncc2ccccc21)c1ncccn1. The molecule has 0 saturated heterocycles. The van der Waals surface area contributed by atoms with E-state index >= 15 is 0 Å². The molecule has 0 aliphatic rings. The Labute approximate surface area is 115 Å². The predicted octanol–water partition coefficient (Wildman–Crippen LogP) is 1.49. The summed E-state index contributed by atoms with van der Waals surface area (Å²) >= 11 is 0. The van der Waals surface area contributed by atoms with Gasteiger partial charge in [0.1, 0.15) is 0 Å². The zero-order valence-electron chi connectivity index (χ0n) is 10.9. The summed E-state index contributed by atoms with van der Waals surface area (Å²) in [6.45, 7) is 1.89. The Morgan fingerprint density at radius 3 is 2.65 bits per heavy atom. The number of rotatable bonds is 3. The largest absolute Gasteiger partial charge is 0.366 e. The number of hydrogen-bond donors (Lipinski definition) is 1. The summed E-state index contributed by atoms with van der Waals surface area (Å²) in [6, 6.07) is 9.10. The molecule has 6 heteroatoms. The number of nitrogens with zero attached hydrogens (tertiary/aromatic N) is 4. The average molecular weight is 267 g/mol. The minimum atomic E-state index is -0.355. The molecule has 0 aliphatic heterocycles. The molecule has 20 heavy (non-hydrogen) atoms. The molecule has 0 saturated carbocycles. The number of fused-ring (bicyclic) bond motifs is 1. The first-order valence-corrected chi connectivity index (χ1v) is 6.26. The molecule has 1 aromatic carbocycles. The van der Waals surface area contributed by atoms with Crippen LogP contribution in [-0.2, 0) is 0 Å². The third kappa shape index (κ3) is 2.23. The van der Waals surface area contributed by atoms with Crippen LogP contribution in [0.15, 0.2) is 53.7 Å². The first-order chi connectivity index (χ1) is 9.75. The molecule has 1 atom stereocenters. The van der Waals surface area contributed by atoms with Gasteiger partial charge in [-0.05, 0) is 19.1 Å². The quantitative estimate of drug-likeness (QED) is 0.778. The van der Waals surface area contributed by atoms with E-state index in [0.29, 0.717) is 5.82 Å². The lowest BCUT2D eigenvalue weighted by atomic mass is 10.2. The van der Waals surface area contributed by atoms with Gasteiger partial charge in [0.05, 0.1) is 11.6 Å². The number of benzene rings is 1. The highest BCUT2D eigenvalue weighted by Crippen LogP contribution is 2.11. The maximum atomic E-state index is 11.9. The monoisotopic (exact) mass is 267 g/mol. The summed E-state index contributed by atoms with van der Waals surface area (Å²) in [5.41, 5.74) is 3.50. The molecule has 0 spiro atoms.